The van der Waals surface area contributed by atoms with Crippen LogP contribution in [0.25, 0.3) is 0 Å². The van der Waals surface area contributed by atoms with E-state index in [4.69, 9.17) is 9.73 Å². The number of nitrogens with zero attached hydrogens (tertiary/aromatic N) is 2. The van der Waals surface area contributed by atoms with Crippen LogP contribution in [0.1, 0.15) is 38.2 Å². The first-order valence-electron chi connectivity index (χ1n) is 9.48. The van der Waals surface area contributed by atoms with E-state index in [1.54, 1.807) is 7.11 Å². The minimum absolute atomic E-state index is 0.0342. The average molecular weight is 362 g/mol. The van der Waals surface area contributed by atoms with Gasteiger partial charge in [-0.15, -0.1) is 0 Å². The van der Waals surface area contributed by atoms with E-state index in [9.17, 15) is 0 Å². The lowest BCUT2D eigenvalue weighted by Crippen LogP contribution is -2.44. The highest BCUT2D eigenvalue weighted by atomic mass is 32.2. The largest absolute Gasteiger partial charge is 0.497 e. The van der Waals surface area contributed by atoms with Crippen molar-refractivity contribution < 1.29 is 4.74 Å². The molecule has 1 aromatic rings. The molecule has 0 aromatic heterocycles. The third-order valence-electron chi connectivity index (χ3n) is 5.04. The van der Waals surface area contributed by atoms with Gasteiger partial charge < -0.3 is 15.0 Å². The van der Waals surface area contributed by atoms with Gasteiger partial charge in [-0.25, -0.2) is 0 Å². The fourth-order valence-corrected chi connectivity index (χ4v) is 4.59. The molecule has 0 spiro atoms. The predicted octanol–water partition coefficient (Wildman–Crippen LogP) is 3.56. The maximum atomic E-state index is 5.23. The number of rotatable bonds is 8. The Morgan fingerprint density at radius 2 is 1.96 bits per heavy atom. The molecule has 1 N–H and O–H groups in total. The highest BCUT2D eigenvalue weighted by molar-refractivity contribution is 8.13. The molecule has 0 bridgehead atoms. The average Bonchev–Trinajstić information content (AvgIpc) is 3.25. The van der Waals surface area contributed by atoms with Gasteiger partial charge in [0.05, 0.1) is 19.2 Å². The van der Waals surface area contributed by atoms with Crippen molar-refractivity contribution in [1.29, 1.82) is 0 Å². The fourth-order valence-electron chi connectivity index (χ4n) is 3.57. The molecule has 138 valence electrons. The topological polar surface area (TPSA) is 36.9 Å². The van der Waals surface area contributed by atoms with Gasteiger partial charge in [-0.1, -0.05) is 23.9 Å². The number of aliphatic imine (C=N–C) groups is 1. The van der Waals surface area contributed by atoms with Crippen LogP contribution >= 0.6 is 11.8 Å². The van der Waals surface area contributed by atoms with Crippen molar-refractivity contribution in [2.24, 2.45) is 4.99 Å². The molecule has 0 aliphatic carbocycles. The normalized spacial score (nSPS) is 23.5. The smallest absolute Gasteiger partial charge is 0.157 e. The summed E-state index contributed by atoms with van der Waals surface area (Å²) < 4.78 is 5.23. The molecule has 1 fully saturated rings. The van der Waals surface area contributed by atoms with Gasteiger partial charge in [0.25, 0.3) is 0 Å². The second-order valence-corrected chi connectivity index (χ2v) is 8.52. The van der Waals surface area contributed by atoms with Crippen LogP contribution in [-0.4, -0.2) is 54.6 Å². The molecular formula is C20H31N3OS. The second kappa shape index (κ2) is 8.95. The van der Waals surface area contributed by atoms with Crippen molar-refractivity contribution in [3.05, 3.63) is 29.8 Å². The summed E-state index contributed by atoms with van der Waals surface area (Å²) in [4.78, 5) is 7.33. The molecule has 2 heterocycles. The van der Waals surface area contributed by atoms with Crippen LogP contribution < -0.4 is 10.1 Å². The van der Waals surface area contributed by atoms with Crippen LogP contribution in [0.4, 0.5) is 0 Å². The molecule has 1 saturated heterocycles. The van der Waals surface area contributed by atoms with Crippen molar-refractivity contribution in [3.63, 3.8) is 0 Å². The SMILES string of the molecule is COc1ccc(CC2(C)CN=C(SCCCCN3CCCC3)N2)cc1. The van der Waals surface area contributed by atoms with E-state index in [1.807, 2.05) is 23.9 Å². The van der Waals surface area contributed by atoms with Crippen LogP contribution in [0.15, 0.2) is 29.3 Å². The highest BCUT2D eigenvalue weighted by Gasteiger charge is 2.30. The van der Waals surface area contributed by atoms with Crippen LogP contribution in [0, 0.1) is 0 Å². The summed E-state index contributed by atoms with van der Waals surface area (Å²) in [5.74, 6) is 2.08. The van der Waals surface area contributed by atoms with E-state index in [2.05, 4.69) is 29.3 Å². The molecule has 0 amide bonds. The number of ether oxygens (including phenoxy) is 1. The number of amidine groups is 1. The number of benzene rings is 1. The molecule has 2 aliphatic heterocycles. The van der Waals surface area contributed by atoms with Gasteiger partial charge in [0, 0.05) is 5.75 Å². The van der Waals surface area contributed by atoms with Crippen molar-refractivity contribution in [3.8, 4) is 5.75 Å². The van der Waals surface area contributed by atoms with Crippen LogP contribution in [0.3, 0.4) is 0 Å². The Hall–Kier alpha value is -1.20. The summed E-state index contributed by atoms with van der Waals surface area (Å²) in [6, 6.07) is 8.36. The van der Waals surface area contributed by atoms with Gasteiger partial charge in [0.2, 0.25) is 0 Å². The molecular weight excluding hydrogens is 330 g/mol. The number of likely N-dealkylation sites (tertiary alicyclic amines) is 1. The van der Waals surface area contributed by atoms with Crippen molar-refractivity contribution in [2.75, 3.05) is 39.0 Å². The molecule has 2 aliphatic rings. The molecule has 4 nitrogen and oxygen atoms in total. The second-order valence-electron chi connectivity index (χ2n) is 7.44. The monoisotopic (exact) mass is 361 g/mol. The Kier molecular flexibility index (Phi) is 6.65. The lowest BCUT2D eigenvalue weighted by atomic mass is 9.94. The van der Waals surface area contributed by atoms with Crippen LogP contribution in [0.2, 0.25) is 0 Å². The molecule has 0 radical (unpaired) electrons. The van der Waals surface area contributed by atoms with E-state index in [1.165, 1.54) is 50.9 Å². The minimum atomic E-state index is 0.0342. The zero-order valence-corrected chi connectivity index (χ0v) is 16.4. The Morgan fingerprint density at radius 1 is 1.20 bits per heavy atom. The number of thioether (sulfide) groups is 1. The van der Waals surface area contributed by atoms with Crippen molar-refractivity contribution in [1.82, 2.24) is 10.2 Å². The molecule has 25 heavy (non-hydrogen) atoms. The standard InChI is InChI=1S/C20H31N3OS/c1-20(15-17-7-9-18(24-2)10-8-17)16-21-19(22-20)25-14-6-5-13-23-11-3-4-12-23/h7-10H,3-6,11-16H2,1-2H3,(H,21,22). The Bertz CT molecular complexity index is 569. The minimum Gasteiger partial charge on any atom is -0.497 e. The molecule has 1 atom stereocenters. The zero-order valence-electron chi connectivity index (χ0n) is 15.6. The van der Waals surface area contributed by atoms with Crippen molar-refractivity contribution >= 4 is 16.9 Å². The van der Waals surface area contributed by atoms with Crippen LogP contribution in [0.5, 0.6) is 5.75 Å². The van der Waals surface area contributed by atoms with Gasteiger partial charge in [-0.3, -0.25) is 4.99 Å². The maximum Gasteiger partial charge on any atom is 0.157 e. The van der Waals surface area contributed by atoms with Gasteiger partial charge in [-0.2, -0.15) is 0 Å². The summed E-state index contributed by atoms with van der Waals surface area (Å²) >= 11 is 1.89. The number of hydrogen-bond donors (Lipinski definition) is 1. The summed E-state index contributed by atoms with van der Waals surface area (Å²) in [5, 5.41) is 4.77. The predicted molar refractivity (Wildman–Crippen MR) is 108 cm³/mol. The summed E-state index contributed by atoms with van der Waals surface area (Å²) in [6.07, 6.45) is 6.35. The first-order valence-corrected chi connectivity index (χ1v) is 10.5. The Labute approximate surface area is 156 Å². The summed E-state index contributed by atoms with van der Waals surface area (Å²) in [7, 11) is 1.71. The first kappa shape index (κ1) is 18.6. The summed E-state index contributed by atoms with van der Waals surface area (Å²) in [5.41, 5.74) is 1.36. The number of hydrogen-bond acceptors (Lipinski definition) is 5. The Balaban J connectivity index is 1.34. The molecule has 3 rings (SSSR count). The number of unbranched alkanes of at least 4 members (excludes halogenated alkanes) is 1. The highest BCUT2D eigenvalue weighted by Crippen LogP contribution is 2.23. The fraction of sp³-hybridized carbons (Fsp3) is 0.650. The quantitative estimate of drug-likeness (QED) is 0.718. The van der Waals surface area contributed by atoms with E-state index in [0.29, 0.717) is 0 Å². The third-order valence-corrected chi connectivity index (χ3v) is 6.04. The zero-order chi connectivity index (χ0) is 17.5. The first-order chi connectivity index (χ1) is 12.2. The van der Waals surface area contributed by atoms with Gasteiger partial charge >= 0.3 is 0 Å². The molecule has 1 aromatic carbocycles. The van der Waals surface area contributed by atoms with Gasteiger partial charge in [0.1, 0.15) is 5.75 Å². The lowest BCUT2D eigenvalue weighted by Gasteiger charge is -2.25. The van der Waals surface area contributed by atoms with E-state index >= 15 is 0 Å². The number of nitrogens with one attached hydrogen (secondary N) is 1. The summed E-state index contributed by atoms with van der Waals surface area (Å²) in [6.45, 7) is 7.02. The van der Waals surface area contributed by atoms with E-state index in [-0.39, 0.29) is 5.54 Å². The van der Waals surface area contributed by atoms with Gasteiger partial charge in [-0.05, 0) is 76.4 Å². The van der Waals surface area contributed by atoms with E-state index < -0.39 is 0 Å². The number of methoxy groups -OCH3 is 1. The van der Waals surface area contributed by atoms with Crippen LogP contribution in [-0.2, 0) is 6.42 Å². The lowest BCUT2D eigenvalue weighted by molar-refractivity contribution is 0.333. The van der Waals surface area contributed by atoms with Crippen molar-refractivity contribution in [2.45, 2.75) is 44.6 Å². The molecule has 1 unspecified atom stereocenters. The molecule has 0 saturated carbocycles. The third kappa shape index (κ3) is 5.65. The maximum absolute atomic E-state index is 5.23. The van der Waals surface area contributed by atoms with E-state index in [0.717, 1.165) is 29.6 Å². The molecule has 5 heteroatoms. The van der Waals surface area contributed by atoms with Gasteiger partial charge in [0.15, 0.2) is 5.17 Å². The Morgan fingerprint density at radius 3 is 2.68 bits per heavy atom.